The number of hydrogen-bond donors (Lipinski definition) is 3. The van der Waals surface area contributed by atoms with Gasteiger partial charge in [-0.1, -0.05) is 24.3 Å². The number of likely N-dealkylation sites (tertiary alicyclic amines) is 1. The van der Waals surface area contributed by atoms with Crippen LogP contribution in [0.3, 0.4) is 0 Å². The molecule has 17 nitrogen and oxygen atoms in total. The van der Waals surface area contributed by atoms with Gasteiger partial charge in [0.05, 0.1) is 35.3 Å². The molecule has 3 N–H and O–H groups in total. The summed E-state index contributed by atoms with van der Waals surface area (Å²) in [6.07, 6.45) is 5.42. The van der Waals surface area contributed by atoms with Gasteiger partial charge in [0.25, 0.3) is 5.91 Å². The van der Waals surface area contributed by atoms with Gasteiger partial charge in [-0.25, -0.2) is 4.98 Å². The third-order valence-corrected chi connectivity index (χ3v) is 14.8. The molecule has 4 aliphatic heterocycles. The number of phenolic OH excluding ortho intramolecular Hbond substituents is 2. The van der Waals surface area contributed by atoms with Crippen LogP contribution in [0.2, 0.25) is 0 Å². The van der Waals surface area contributed by atoms with Gasteiger partial charge in [-0.2, -0.15) is 4.98 Å². The first kappa shape index (κ1) is 47.4. The van der Waals surface area contributed by atoms with Gasteiger partial charge in [-0.3, -0.25) is 19.1 Å². The highest BCUT2D eigenvalue weighted by Gasteiger charge is 2.33. The number of benzene rings is 4. The third-order valence-electron chi connectivity index (χ3n) is 14.8. The van der Waals surface area contributed by atoms with Gasteiger partial charge in [0.15, 0.2) is 11.6 Å². The van der Waals surface area contributed by atoms with Crippen LogP contribution in [0.15, 0.2) is 85.1 Å². The van der Waals surface area contributed by atoms with Crippen molar-refractivity contribution in [3.63, 3.8) is 0 Å². The zero-order valence-corrected chi connectivity index (χ0v) is 41.4. The average Bonchev–Trinajstić information content (AvgIpc) is 3.75. The van der Waals surface area contributed by atoms with Crippen molar-refractivity contribution in [3.05, 3.63) is 108 Å². The van der Waals surface area contributed by atoms with Gasteiger partial charge in [-0.15, -0.1) is 10.2 Å². The smallest absolute Gasteiger partial charge is 0.260 e. The van der Waals surface area contributed by atoms with Crippen LogP contribution >= 0.6 is 0 Å². The van der Waals surface area contributed by atoms with Crippen molar-refractivity contribution in [1.29, 1.82) is 0 Å². The van der Waals surface area contributed by atoms with E-state index in [0.29, 0.717) is 70.0 Å². The van der Waals surface area contributed by atoms with Crippen molar-refractivity contribution in [2.45, 2.75) is 53.0 Å². The number of fused-ring (bicyclic) bond motifs is 2. The number of para-hydroxylation sites is 1. The zero-order chi connectivity index (χ0) is 49.3. The molecule has 71 heavy (non-hydrogen) atoms. The molecule has 0 radical (unpaired) electrons. The van der Waals surface area contributed by atoms with Crippen LogP contribution in [-0.2, 0) is 11.3 Å². The molecule has 3 saturated heterocycles. The Balaban J connectivity index is 0.672. The van der Waals surface area contributed by atoms with Crippen LogP contribution in [0.5, 0.6) is 17.2 Å². The fourth-order valence-corrected chi connectivity index (χ4v) is 10.7. The summed E-state index contributed by atoms with van der Waals surface area (Å²) < 4.78 is 8.07. The number of carbonyl (C=O) groups is 2. The van der Waals surface area contributed by atoms with Gasteiger partial charge in [0.1, 0.15) is 28.8 Å². The number of rotatable bonds is 12. The summed E-state index contributed by atoms with van der Waals surface area (Å²) in [7, 11) is 3.65. The number of nitrogens with one attached hydrogen (secondary N) is 1. The van der Waals surface area contributed by atoms with E-state index in [1.165, 1.54) is 11.6 Å². The van der Waals surface area contributed by atoms with Gasteiger partial charge in [-0.05, 0) is 106 Å². The van der Waals surface area contributed by atoms with Crippen molar-refractivity contribution >= 4 is 46.3 Å². The fraction of sp³-hybridized carbons (Fsp3) is 0.407. The summed E-state index contributed by atoms with van der Waals surface area (Å²) in [6, 6.07) is 25.2. The molecule has 0 saturated carbocycles. The van der Waals surface area contributed by atoms with Crippen molar-refractivity contribution in [1.82, 2.24) is 39.4 Å². The first-order chi connectivity index (χ1) is 34.4. The molecule has 6 aromatic rings. The summed E-state index contributed by atoms with van der Waals surface area (Å²) in [5, 5.41) is 32.7. The minimum atomic E-state index is -0.113. The number of carbonyl (C=O) groups excluding carboxylic acids is 2. The molecule has 370 valence electrons. The second-order valence-corrected chi connectivity index (χ2v) is 19.4. The molecular weight excluding hydrogens is 897 g/mol. The Hall–Kier alpha value is -7.24. The minimum absolute atomic E-state index is 0.0388. The van der Waals surface area contributed by atoms with Gasteiger partial charge >= 0.3 is 0 Å². The SMILES string of the molecule is CCOc1cc(N2CCC(C(=O)N3CCC(CN4CCN(Cc5ccc(-n6c(C)nnc6-c6cc(C)c(O)cc6O)cc5)CC4)CC3)CC2)ccc1Nc1ncc2c(n1)N(C)c1ccccc1C(=O)N2C. The molecule has 4 aromatic carbocycles. The number of aromatic nitrogens is 5. The second-order valence-electron chi connectivity index (χ2n) is 19.4. The molecule has 0 atom stereocenters. The molecule has 3 fully saturated rings. The minimum Gasteiger partial charge on any atom is -0.508 e. The average molecular weight is 961 g/mol. The Bertz CT molecular complexity index is 2900. The van der Waals surface area contributed by atoms with E-state index in [1.807, 2.05) is 60.7 Å². The van der Waals surface area contributed by atoms with E-state index in [9.17, 15) is 19.8 Å². The number of aromatic hydroxyl groups is 2. The lowest BCUT2D eigenvalue weighted by Gasteiger charge is -2.40. The van der Waals surface area contributed by atoms with Crippen LogP contribution in [0.1, 0.15) is 59.9 Å². The van der Waals surface area contributed by atoms with Crippen LogP contribution in [0, 0.1) is 25.7 Å². The Morgan fingerprint density at radius 3 is 2.23 bits per heavy atom. The molecule has 4 aliphatic rings. The first-order valence-electron chi connectivity index (χ1n) is 25.0. The standard InChI is InChI=1S/C54H64N12O5/c1-6-71-49-30-41(15-16-44(49)56-54-55-32-46-51(57-54)60(4)45-10-8-7-9-42(45)53(70)61(46)5)64-23-19-39(20-24-64)52(69)65-21-17-38(18-22-65)34-63-27-25-62(26-28-63)33-37-11-13-40(14-12-37)66-36(3)58-59-50(66)43-29-35(2)47(67)31-48(43)68/h7-16,29-32,38-39,67-68H,6,17-28,33-34H2,1-5H3,(H,55,56,57). The van der Waals surface area contributed by atoms with E-state index in [-0.39, 0.29) is 23.3 Å². The highest BCUT2D eigenvalue weighted by atomic mass is 16.5. The van der Waals surface area contributed by atoms with E-state index < -0.39 is 0 Å². The van der Waals surface area contributed by atoms with E-state index in [2.05, 4.69) is 76.5 Å². The fourth-order valence-electron chi connectivity index (χ4n) is 10.7. The number of phenols is 2. The Kier molecular flexibility index (Phi) is 13.5. The maximum Gasteiger partial charge on any atom is 0.260 e. The zero-order valence-electron chi connectivity index (χ0n) is 41.4. The number of amides is 2. The molecule has 0 bridgehead atoms. The topological polar surface area (TPSA) is 172 Å². The van der Waals surface area contributed by atoms with Crippen LogP contribution in [-0.4, -0.2) is 141 Å². The second kappa shape index (κ2) is 20.2. The number of piperazine rings is 1. The molecule has 2 aromatic heterocycles. The quantitative estimate of drug-likeness (QED) is 0.110. The summed E-state index contributed by atoms with van der Waals surface area (Å²) in [6.45, 7) is 15.5. The molecule has 0 unspecified atom stereocenters. The molecule has 10 rings (SSSR count). The number of hydrogen-bond acceptors (Lipinski definition) is 14. The van der Waals surface area contributed by atoms with Gasteiger partial charge < -0.3 is 44.8 Å². The lowest BCUT2D eigenvalue weighted by Crippen LogP contribution is -2.49. The molecule has 17 heteroatoms. The van der Waals surface area contributed by atoms with Crippen molar-refractivity contribution in [3.8, 4) is 34.3 Å². The number of ether oxygens (including phenoxy) is 1. The normalized spacial score (nSPS) is 17.3. The number of piperidine rings is 2. The Morgan fingerprint density at radius 2 is 1.48 bits per heavy atom. The molecule has 0 aliphatic carbocycles. The number of anilines is 6. The van der Waals surface area contributed by atoms with Crippen molar-refractivity contribution in [2.24, 2.45) is 11.8 Å². The lowest BCUT2D eigenvalue weighted by molar-refractivity contribution is -0.137. The molecule has 0 spiro atoms. The van der Waals surface area contributed by atoms with Crippen molar-refractivity contribution < 1.29 is 24.5 Å². The van der Waals surface area contributed by atoms with Gasteiger partial charge in [0, 0.05) is 109 Å². The van der Waals surface area contributed by atoms with Crippen LogP contribution < -0.4 is 24.8 Å². The summed E-state index contributed by atoms with van der Waals surface area (Å²) in [4.78, 5) is 49.7. The molecule has 6 heterocycles. The van der Waals surface area contributed by atoms with Crippen molar-refractivity contribution in [2.75, 3.05) is 99.6 Å². The van der Waals surface area contributed by atoms with E-state index in [1.54, 1.807) is 31.1 Å². The predicted octanol–water partition coefficient (Wildman–Crippen LogP) is 7.53. The van der Waals surface area contributed by atoms with E-state index in [0.717, 1.165) is 114 Å². The molecular formula is C54H64N12O5. The number of aryl methyl sites for hydroxylation is 2. The Morgan fingerprint density at radius 1 is 0.761 bits per heavy atom. The van der Waals surface area contributed by atoms with E-state index >= 15 is 0 Å². The monoisotopic (exact) mass is 961 g/mol. The maximum atomic E-state index is 13.9. The van der Waals surface area contributed by atoms with E-state index in [4.69, 9.17) is 9.72 Å². The van der Waals surface area contributed by atoms with Gasteiger partial charge in [0.2, 0.25) is 11.9 Å². The van der Waals surface area contributed by atoms with Crippen LogP contribution in [0.25, 0.3) is 17.1 Å². The maximum absolute atomic E-state index is 13.9. The first-order valence-corrected chi connectivity index (χ1v) is 25.0. The highest BCUT2D eigenvalue weighted by molar-refractivity contribution is 6.13. The number of nitrogens with zero attached hydrogens (tertiary/aromatic N) is 11. The predicted molar refractivity (Wildman–Crippen MR) is 276 cm³/mol. The largest absolute Gasteiger partial charge is 0.508 e. The lowest BCUT2D eigenvalue weighted by atomic mass is 9.91. The van der Waals surface area contributed by atoms with Crippen LogP contribution in [0.4, 0.5) is 34.5 Å². The third kappa shape index (κ3) is 9.80. The summed E-state index contributed by atoms with van der Waals surface area (Å²) >= 11 is 0. The highest BCUT2D eigenvalue weighted by Crippen LogP contribution is 2.40. The summed E-state index contributed by atoms with van der Waals surface area (Å²) in [5.74, 6) is 3.78. The molecule has 2 amide bonds. The summed E-state index contributed by atoms with van der Waals surface area (Å²) in [5.41, 5.74) is 7.12. The Labute approximate surface area is 415 Å².